The number of ether oxygens (including phenoxy) is 1. The Hall–Kier alpha value is -1.47. The van der Waals surface area contributed by atoms with E-state index in [4.69, 9.17) is 16.3 Å². The summed E-state index contributed by atoms with van der Waals surface area (Å²) in [7, 11) is 0. The minimum absolute atomic E-state index is 0.314. The van der Waals surface area contributed by atoms with Crippen LogP contribution in [0, 0.1) is 10.5 Å². The third-order valence-electron chi connectivity index (χ3n) is 2.90. The van der Waals surface area contributed by atoms with Crippen molar-refractivity contribution in [1.82, 2.24) is 5.32 Å². The SMILES string of the molecule is Cc1cc(I)ccc1NC(=O)NC(C)Oc1ccc(Cl)cc1. The molecule has 4 nitrogen and oxygen atoms in total. The third-order valence-corrected chi connectivity index (χ3v) is 3.82. The van der Waals surface area contributed by atoms with Gasteiger partial charge in [-0.05, 0) is 84.5 Å². The van der Waals surface area contributed by atoms with Crippen molar-refractivity contribution in [2.45, 2.75) is 20.1 Å². The van der Waals surface area contributed by atoms with Crippen LogP contribution in [-0.2, 0) is 0 Å². The first kappa shape index (κ1) is 16.9. The molecule has 2 aromatic rings. The molecule has 1 unspecified atom stereocenters. The normalized spacial score (nSPS) is 11.6. The first-order valence-electron chi connectivity index (χ1n) is 6.70. The standard InChI is InChI=1S/C16H16ClIN2O2/c1-10-9-13(18)5-8-15(10)20-16(21)19-11(2)22-14-6-3-12(17)4-7-14/h3-9,11H,1-2H3,(H2,19,20,21). The maximum absolute atomic E-state index is 12.0. The molecule has 6 heteroatoms. The Morgan fingerprint density at radius 2 is 1.91 bits per heavy atom. The lowest BCUT2D eigenvalue weighted by molar-refractivity contribution is 0.183. The molecular formula is C16H16ClIN2O2. The fourth-order valence-corrected chi connectivity index (χ4v) is 2.63. The quantitative estimate of drug-likeness (QED) is 0.541. The van der Waals surface area contributed by atoms with E-state index in [9.17, 15) is 4.79 Å². The van der Waals surface area contributed by atoms with Crippen molar-refractivity contribution < 1.29 is 9.53 Å². The molecule has 2 amide bonds. The summed E-state index contributed by atoms with van der Waals surface area (Å²) in [6, 6.07) is 12.5. The minimum atomic E-state index is -0.467. The molecule has 2 N–H and O–H groups in total. The molecule has 2 aromatic carbocycles. The molecule has 0 bridgehead atoms. The van der Waals surface area contributed by atoms with E-state index in [1.54, 1.807) is 31.2 Å². The Labute approximate surface area is 148 Å². The summed E-state index contributed by atoms with van der Waals surface area (Å²) in [5.74, 6) is 0.641. The highest BCUT2D eigenvalue weighted by atomic mass is 127. The molecule has 0 aliphatic rings. The lowest BCUT2D eigenvalue weighted by atomic mass is 10.2. The van der Waals surface area contributed by atoms with Gasteiger partial charge in [0.1, 0.15) is 5.75 Å². The van der Waals surface area contributed by atoms with Gasteiger partial charge in [0.2, 0.25) is 0 Å². The third kappa shape index (κ3) is 5.06. The Morgan fingerprint density at radius 1 is 1.23 bits per heavy atom. The van der Waals surface area contributed by atoms with Gasteiger partial charge in [0.05, 0.1) is 0 Å². The summed E-state index contributed by atoms with van der Waals surface area (Å²) in [4.78, 5) is 12.0. The summed E-state index contributed by atoms with van der Waals surface area (Å²) >= 11 is 8.05. The zero-order valence-electron chi connectivity index (χ0n) is 12.2. The fraction of sp³-hybridized carbons (Fsp3) is 0.188. The molecular weight excluding hydrogens is 415 g/mol. The van der Waals surface area contributed by atoms with Gasteiger partial charge in [-0.1, -0.05) is 11.6 Å². The maximum Gasteiger partial charge on any atom is 0.322 e. The van der Waals surface area contributed by atoms with E-state index < -0.39 is 6.23 Å². The number of benzene rings is 2. The average Bonchev–Trinajstić information content (AvgIpc) is 2.44. The van der Waals surface area contributed by atoms with Crippen LogP contribution in [0.1, 0.15) is 12.5 Å². The lowest BCUT2D eigenvalue weighted by Crippen LogP contribution is -2.39. The van der Waals surface area contributed by atoms with Crippen molar-refractivity contribution in [2.24, 2.45) is 0 Å². The van der Waals surface area contributed by atoms with Crippen LogP contribution < -0.4 is 15.4 Å². The predicted octanol–water partition coefficient (Wildman–Crippen LogP) is 4.80. The van der Waals surface area contributed by atoms with E-state index in [2.05, 4.69) is 33.2 Å². The highest BCUT2D eigenvalue weighted by molar-refractivity contribution is 14.1. The molecule has 2 rings (SSSR count). The zero-order valence-corrected chi connectivity index (χ0v) is 15.1. The molecule has 1 atom stereocenters. The van der Waals surface area contributed by atoms with E-state index in [-0.39, 0.29) is 6.03 Å². The summed E-state index contributed by atoms with van der Waals surface area (Å²) in [5, 5.41) is 6.17. The number of carbonyl (C=O) groups excluding carboxylic acids is 1. The van der Waals surface area contributed by atoms with E-state index >= 15 is 0 Å². The molecule has 0 radical (unpaired) electrons. The highest BCUT2D eigenvalue weighted by Gasteiger charge is 2.10. The van der Waals surface area contributed by atoms with Crippen LogP contribution >= 0.6 is 34.2 Å². The Balaban J connectivity index is 1.89. The Kier molecular flexibility index (Phi) is 5.90. The molecule has 0 aliphatic carbocycles. The number of carbonyl (C=O) groups is 1. The summed E-state index contributed by atoms with van der Waals surface area (Å²) in [6.07, 6.45) is -0.467. The number of halogens is 2. The molecule has 0 aromatic heterocycles. The monoisotopic (exact) mass is 430 g/mol. The number of amides is 2. The van der Waals surface area contributed by atoms with E-state index in [1.807, 2.05) is 25.1 Å². The number of hydrogen-bond acceptors (Lipinski definition) is 2. The van der Waals surface area contributed by atoms with Gasteiger partial charge < -0.3 is 15.4 Å². The van der Waals surface area contributed by atoms with Crippen LogP contribution in [-0.4, -0.2) is 12.3 Å². The summed E-state index contributed by atoms with van der Waals surface area (Å²) < 4.78 is 6.72. The van der Waals surface area contributed by atoms with Crippen molar-refractivity contribution in [3.05, 3.63) is 56.6 Å². The van der Waals surface area contributed by atoms with Crippen LogP contribution in [0.3, 0.4) is 0 Å². The van der Waals surface area contributed by atoms with E-state index in [0.29, 0.717) is 10.8 Å². The van der Waals surface area contributed by atoms with Crippen molar-refractivity contribution in [1.29, 1.82) is 0 Å². The molecule has 0 aliphatic heterocycles. The Morgan fingerprint density at radius 3 is 2.55 bits per heavy atom. The van der Waals surface area contributed by atoms with Crippen LogP contribution in [0.4, 0.5) is 10.5 Å². The van der Waals surface area contributed by atoms with Crippen LogP contribution in [0.2, 0.25) is 5.02 Å². The number of hydrogen-bond donors (Lipinski definition) is 2. The Bertz CT molecular complexity index is 662. The minimum Gasteiger partial charge on any atom is -0.471 e. The van der Waals surface area contributed by atoms with Gasteiger partial charge in [-0.2, -0.15) is 0 Å². The number of aryl methyl sites for hydroxylation is 1. The molecule has 0 spiro atoms. The van der Waals surface area contributed by atoms with E-state index in [0.717, 1.165) is 14.8 Å². The number of urea groups is 1. The average molecular weight is 431 g/mol. The lowest BCUT2D eigenvalue weighted by Gasteiger charge is -2.17. The largest absolute Gasteiger partial charge is 0.471 e. The second-order valence-corrected chi connectivity index (χ2v) is 6.45. The van der Waals surface area contributed by atoms with Crippen LogP contribution in [0.25, 0.3) is 0 Å². The second kappa shape index (κ2) is 7.69. The second-order valence-electron chi connectivity index (χ2n) is 4.77. The number of anilines is 1. The van der Waals surface area contributed by atoms with Crippen LogP contribution in [0.15, 0.2) is 42.5 Å². The summed E-state index contributed by atoms with van der Waals surface area (Å²) in [5.41, 5.74) is 1.78. The van der Waals surface area contributed by atoms with Gasteiger partial charge >= 0.3 is 6.03 Å². The van der Waals surface area contributed by atoms with Crippen LogP contribution in [0.5, 0.6) is 5.75 Å². The number of rotatable bonds is 4. The van der Waals surface area contributed by atoms with Crippen molar-refractivity contribution in [2.75, 3.05) is 5.32 Å². The van der Waals surface area contributed by atoms with Gasteiger partial charge in [0.15, 0.2) is 6.23 Å². The smallest absolute Gasteiger partial charge is 0.322 e. The van der Waals surface area contributed by atoms with E-state index in [1.165, 1.54) is 0 Å². The highest BCUT2D eigenvalue weighted by Crippen LogP contribution is 2.18. The molecule has 0 heterocycles. The first-order valence-corrected chi connectivity index (χ1v) is 8.15. The zero-order chi connectivity index (χ0) is 16.1. The van der Waals surface area contributed by atoms with Gasteiger partial charge in [0, 0.05) is 14.3 Å². The molecule has 0 fully saturated rings. The molecule has 0 saturated carbocycles. The molecule has 22 heavy (non-hydrogen) atoms. The summed E-state index contributed by atoms with van der Waals surface area (Å²) in [6.45, 7) is 3.71. The fourth-order valence-electron chi connectivity index (χ4n) is 1.86. The molecule has 0 saturated heterocycles. The van der Waals surface area contributed by atoms with Gasteiger partial charge in [-0.15, -0.1) is 0 Å². The van der Waals surface area contributed by atoms with Crippen molar-refractivity contribution >= 4 is 45.9 Å². The van der Waals surface area contributed by atoms with Gasteiger partial charge in [0.25, 0.3) is 0 Å². The van der Waals surface area contributed by atoms with Gasteiger partial charge in [-0.3, -0.25) is 0 Å². The van der Waals surface area contributed by atoms with Gasteiger partial charge in [-0.25, -0.2) is 4.79 Å². The first-order chi connectivity index (χ1) is 10.4. The molecule has 116 valence electrons. The predicted molar refractivity (Wildman–Crippen MR) is 97.6 cm³/mol. The number of nitrogens with one attached hydrogen (secondary N) is 2. The maximum atomic E-state index is 12.0. The topological polar surface area (TPSA) is 50.4 Å². The van der Waals surface area contributed by atoms with Crippen molar-refractivity contribution in [3.63, 3.8) is 0 Å². The van der Waals surface area contributed by atoms with Crippen molar-refractivity contribution in [3.8, 4) is 5.75 Å².